The van der Waals surface area contributed by atoms with E-state index in [1.54, 1.807) is 0 Å². The molecule has 2 rings (SSSR count). The Morgan fingerprint density at radius 1 is 1.60 bits per heavy atom. The van der Waals surface area contributed by atoms with E-state index < -0.39 is 6.09 Å². The highest BCUT2D eigenvalue weighted by molar-refractivity contribution is 6.29. The first-order valence-electron chi connectivity index (χ1n) is 4.27. The van der Waals surface area contributed by atoms with Crippen molar-refractivity contribution >= 4 is 17.7 Å². The lowest BCUT2D eigenvalue weighted by atomic mass is 10.2. The molecule has 1 aromatic rings. The number of ether oxygens (including phenoxy) is 1. The van der Waals surface area contributed by atoms with Gasteiger partial charge in [-0.3, -0.25) is 4.98 Å². The van der Waals surface area contributed by atoms with E-state index >= 15 is 0 Å². The largest absolute Gasteiger partial charge is 0.469 e. The van der Waals surface area contributed by atoms with E-state index in [0.29, 0.717) is 19.0 Å². The van der Waals surface area contributed by atoms with Crippen molar-refractivity contribution in [3.63, 3.8) is 0 Å². The number of likely N-dealkylation sites (tertiary alicyclic amines) is 1. The zero-order valence-corrected chi connectivity index (χ0v) is 8.39. The van der Waals surface area contributed by atoms with Crippen LogP contribution >= 0.6 is 11.6 Å². The van der Waals surface area contributed by atoms with Crippen LogP contribution in [0.3, 0.4) is 0 Å². The molecule has 0 saturated carbocycles. The lowest BCUT2D eigenvalue weighted by Gasteiger charge is -2.36. The van der Waals surface area contributed by atoms with Crippen LogP contribution < -0.4 is 4.74 Å². The Balaban J connectivity index is 1.87. The average molecular weight is 230 g/mol. The molecule has 0 atom stereocenters. The molecule has 15 heavy (non-hydrogen) atoms. The Morgan fingerprint density at radius 2 is 2.33 bits per heavy atom. The molecule has 2 heterocycles. The van der Waals surface area contributed by atoms with Gasteiger partial charge in [-0.15, -0.1) is 0 Å². The van der Waals surface area contributed by atoms with Gasteiger partial charge in [-0.25, -0.2) is 4.79 Å². The van der Waals surface area contributed by atoms with E-state index in [4.69, 9.17) is 21.4 Å². The van der Waals surface area contributed by atoms with Crippen LogP contribution in [0.15, 0.2) is 12.4 Å². The van der Waals surface area contributed by atoms with Crippen LogP contribution in [-0.4, -0.2) is 45.3 Å². The van der Waals surface area contributed by atoms with E-state index in [1.807, 2.05) is 0 Å². The molecule has 0 unspecified atom stereocenters. The van der Waals surface area contributed by atoms with E-state index in [2.05, 4.69) is 9.97 Å². The van der Waals surface area contributed by atoms with Gasteiger partial charge in [0.05, 0.1) is 25.5 Å². The number of halogens is 1. The van der Waals surface area contributed by atoms with Gasteiger partial charge in [-0.05, 0) is 0 Å². The second-order valence-electron chi connectivity index (χ2n) is 3.11. The fourth-order valence-corrected chi connectivity index (χ4v) is 1.36. The van der Waals surface area contributed by atoms with Crippen LogP contribution in [0.25, 0.3) is 0 Å². The Bertz CT molecular complexity index is 381. The van der Waals surface area contributed by atoms with Gasteiger partial charge in [-0.1, -0.05) is 11.6 Å². The van der Waals surface area contributed by atoms with Gasteiger partial charge in [0, 0.05) is 0 Å². The predicted octanol–water partition coefficient (Wildman–Crippen LogP) is 0.871. The Kier molecular flexibility index (Phi) is 2.59. The molecule has 0 spiro atoms. The molecule has 80 valence electrons. The van der Waals surface area contributed by atoms with E-state index in [9.17, 15) is 4.79 Å². The van der Waals surface area contributed by atoms with E-state index in [0.717, 1.165) is 0 Å². The summed E-state index contributed by atoms with van der Waals surface area (Å²) < 4.78 is 5.35. The lowest BCUT2D eigenvalue weighted by molar-refractivity contribution is 0.0225. The average Bonchev–Trinajstić information content (AvgIpc) is 2.10. The molecular formula is C8H8ClN3O3. The first-order valence-corrected chi connectivity index (χ1v) is 4.65. The van der Waals surface area contributed by atoms with Gasteiger partial charge in [0.2, 0.25) is 5.88 Å². The highest BCUT2D eigenvalue weighted by atomic mass is 35.5. The molecule has 1 saturated heterocycles. The monoisotopic (exact) mass is 229 g/mol. The van der Waals surface area contributed by atoms with Gasteiger partial charge < -0.3 is 14.7 Å². The highest BCUT2D eigenvalue weighted by Gasteiger charge is 2.32. The first-order chi connectivity index (χ1) is 7.15. The minimum Gasteiger partial charge on any atom is -0.469 e. The van der Waals surface area contributed by atoms with Crippen molar-refractivity contribution in [3.8, 4) is 5.88 Å². The Labute approximate surface area is 90.5 Å². The molecule has 0 aromatic carbocycles. The summed E-state index contributed by atoms with van der Waals surface area (Å²) in [6, 6.07) is 0. The molecule has 1 aromatic heterocycles. The molecule has 1 amide bonds. The molecule has 0 aliphatic carbocycles. The maximum atomic E-state index is 10.5. The quantitative estimate of drug-likeness (QED) is 0.815. The van der Waals surface area contributed by atoms with Crippen LogP contribution in [0, 0.1) is 0 Å². The minimum atomic E-state index is -0.938. The van der Waals surface area contributed by atoms with Crippen molar-refractivity contribution in [1.29, 1.82) is 0 Å². The van der Waals surface area contributed by atoms with Crippen molar-refractivity contribution in [2.75, 3.05) is 13.1 Å². The topological polar surface area (TPSA) is 75.5 Å². The number of nitrogens with zero attached hydrogens (tertiary/aromatic N) is 3. The first kappa shape index (κ1) is 9.97. The summed E-state index contributed by atoms with van der Waals surface area (Å²) in [6.45, 7) is 0.701. The normalized spacial score (nSPS) is 15.9. The Hall–Kier alpha value is -1.56. The number of carboxylic acid groups (broad SMARTS) is 1. The lowest BCUT2D eigenvalue weighted by Crippen LogP contribution is -2.55. The van der Waals surface area contributed by atoms with Gasteiger partial charge in [-0.2, -0.15) is 4.98 Å². The van der Waals surface area contributed by atoms with Crippen molar-refractivity contribution in [2.45, 2.75) is 6.10 Å². The minimum absolute atomic E-state index is 0.158. The molecular weight excluding hydrogens is 222 g/mol. The molecule has 1 fully saturated rings. The van der Waals surface area contributed by atoms with E-state index in [1.165, 1.54) is 17.3 Å². The third kappa shape index (κ3) is 2.27. The predicted molar refractivity (Wildman–Crippen MR) is 51.1 cm³/mol. The maximum absolute atomic E-state index is 10.5. The van der Waals surface area contributed by atoms with Crippen LogP contribution in [0.2, 0.25) is 5.15 Å². The highest BCUT2D eigenvalue weighted by Crippen LogP contribution is 2.16. The van der Waals surface area contributed by atoms with Gasteiger partial charge >= 0.3 is 6.09 Å². The number of carbonyl (C=O) groups is 1. The van der Waals surface area contributed by atoms with E-state index in [-0.39, 0.29) is 11.3 Å². The summed E-state index contributed by atoms with van der Waals surface area (Å²) in [6.07, 6.45) is 1.74. The fourth-order valence-electron chi connectivity index (χ4n) is 1.22. The summed E-state index contributed by atoms with van der Waals surface area (Å²) in [5.74, 6) is 0.317. The van der Waals surface area contributed by atoms with Gasteiger partial charge in [0.1, 0.15) is 6.10 Å². The zero-order chi connectivity index (χ0) is 10.8. The number of hydrogen-bond donors (Lipinski definition) is 1. The van der Waals surface area contributed by atoms with Crippen molar-refractivity contribution in [2.24, 2.45) is 0 Å². The number of rotatable bonds is 2. The van der Waals surface area contributed by atoms with Crippen molar-refractivity contribution in [1.82, 2.24) is 14.9 Å². The van der Waals surface area contributed by atoms with Crippen molar-refractivity contribution in [3.05, 3.63) is 17.5 Å². The smallest absolute Gasteiger partial charge is 0.407 e. The van der Waals surface area contributed by atoms with Crippen LogP contribution in [0.4, 0.5) is 4.79 Å². The molecule has 1 aliphatic heterocycles. The second-order valence-corrected chi connectivity index (χ2v) is 3.49. The SMILES string of the molecule is O=C(O)N1CC(Oc2cncc(Cl)n2)C1. The van der Waals surface area contributed by atoms with Gasteiger partial charge in [0.15, 0.2) is 5.15 Å². The molecule has 1 aliphatic rings. The maximum Gasteiger partial charge on any atom is 0.407 e. The number of aromatic nitrogens is 2. The fraction of sp³-hybridized carbons (Fsp3) is 0.375. The summed E-state index contributed by atoms with van der Waals surface area (Å²) in [5, 5.41) is 8.83. The number of hydrogen-bond acceptors (Lipinski definition) is 4. The van der Waals surface area contributed by atoms with Crippen molar-refractivity contribution < 1.29 is 14.6 Å². The summed E-state index contributed by atoms with van der Waals surface area (Å²) in [5.41, 5.74) is 0. The Morgan fingerprint density at radius 3 is 2.93 bits per heavy atom. The molecule has 0 bridgehead atoms. The second kappa shape index (κ2) is 3.90. The van der Waals surface area contributed by atoms with Crippen LogP contribution in [0.5, 0.6) is 5.88 Å². The summed E-state index contributed by atoms with van der Waals surface area (Å²) in [7, 11) is 0. The molecule has 7 heteroatoms. The standard InChI is InChI=1S/C8H8ClN3O3/c9-6-1-10-2-7(11-6)15-5-3-12(4-5)8(13)14/h1-2,5H,3-4H2,(H,13,14). The third-order valence-corrected chi connectivity index (χ3v) is 2.17. The number of amides is 1. The summed E-state index contributed by atoms with van der Waals surface area (Å²) in [4.78, 5) is 19.4. The van der Waals surface area contributed by atoms with Crippen LogP contribution in [0.1, 0.15) is 0 Å². The van der Waals surface area contributed by atoms with Gasteiger partial charge in [0.25, 0.3) is 0 Å². The molecule has 0 radical (unpaired) electrons. The third-order valence-electron chi connectivity index (χ3n) is 1.99. The molecule has 6 nitrogen and oxygen atoms in total. The summed E-state index contributed by atoms with van der Waals surface area (Å²) >= 11 is 5.61. The zero-order valence-electron chi connectivity index (χ0n) is 7.63. The molecule has 1 N–H and O–H groups in total. The van der Waals surface area contributed by atoms with Crippen LogP contribution in [-0.2, 0) is 0 Å².